The molecule has 0 aliphatic carbocycles. The molecule has 0 amide bonds. The number of carbonyl (C=O) groups excluding carboxylic acids is 1. The number of hydrogen-bond acceptors (Lipinski definition) is 4. The number of rotatable bonds is 7. The molecule has 90 valence electrons. The molecule has 1 unspecified atom stereocenters. The normalized spacial score (nSPS) is 15.1. The maximum atomic E-state index is 11.2. The number of esters is 1. The highest BCUT2D eigenvalue weighted by molar-refractivity contribution is 7.99. The van der Waals surface area contributed by atoms with E-state index in [9.17, 15) is 4.79 Å². The molecule has 0 heterocycles. The molecule has 0 aliphatic rings. The zero-order chi connectivity index (χ0) is 11.9. The molecular weight excluding hydrogens is 210 g/mol. The Morgan fingerprint density at radius 3 is 2.53 bits per heavy atom. The van der Waals surface area contributed by atoms with Crippen LogP contribution < -0.4 is 5.73 Å². The zero-order valence-corrected chi connectivity index (χ0v) is 11.0. The fourth-order valence-corrected chi connectivity index (χ4v) is 2.45. The maximum Gasteiger partial charge on any atom is 0.325 e. The van der Waals surface area contributed by atoms with E-state index in [0.29, 0.717) is 6.42 Å². The molecule has 15 heavy (non-hydrogen) atoms. The van der Waals surface area contributed by atoms with E-state index >= 15 is 0 Å². The van der Waals surface area contributed by atoms with Crippen LogP contribution in [0.4, 0.5) is 0 Å². The molecule has 0 fully saturated rings. The van der Waals surface area contributed by atoms with Gasteiger partial charge in [-0.3, -0.25) is 4.79 Å². The van der Waals surface area contributed by atoms with Gasteiger partial charge in [0.05, 0.1) is 7.11 Å². The quantitative estimate of drug-likeness (QED) is 0.540. The Kier molecular flexibility index (Phi) is 7.02. The smallest absolute Gasteiger partial charge is 0.325 e. The van der Waals surface area contributed by atoms with Crippen LogP contribution in [0.1, 0.15) is 33.6 Å². The van der Waals surface area contributed by atoms with Crippen LogP contribution in [0.5, 0.6) is 0 Å². The van der Waals surface area contributed by atoms with E-state index in [2.05, 4.69) is 18.6 Å². The summed E-state index contributed by atoms with van der Waals surface area (Å²) in [5.74, 6) is 2.46. The van der Waals surface area contributed by atoms with Crippen molar-refractivity contribution in [1.29, 1.82) is 0 Å². The first kappa shape index (κ1) is 14.8. The summed E-state index contributed by atoms with van der Waals surface area (Å²) in [6, 6.07) is 0. The number of ether oxygens (including phenoxy) is 1. The minimum absolute atomic E-state index is 0.327. The third kappa shape index (κ3) is 6.79. The Morgan fingerprint density at radius 1 is 1.47 bits per heavy atom. The van der Waals surface area contributed by atoms with Gasteiger partial charge in [0.15, 0.2) is 0 Å². The topological polar surface area (TPSA) is 52.3 Å². The summed E-state index contributed by atoms with van der Waals surface area (Å²) in [5, 5.41) is 0. The van der Waals surface area contributed by atoms with Crippen LogP contribution in [0.3, 0.4) is 0 Å². The number of hydrogen-bond donors (Lipinski definition) is 1. The summed E-state index contributed by atoms with van der Waals surface area (Å²) < 4.78 is 4.64. The third-order valence-electron chi connectivity index (χ3n) is 2.26. The van der Waals surface area contributed by atoms with Crippen molar-refractivity contribution >= 4 is 17.7 Å². The van der Waals surface area contributed by atoms with Gasteiger partial charge in [-0.05, 0) is 37.2 Å². The molecule has 0 saturated carbocycles. The van der Waals surface area contributed by atoms with E-state index in [4.69, 9.17) is 5.73 Å². The van der Waals surface area contributed by atoms with Gasteiger partial charge in [-0.1, -0.05) is 13.8 Å². The average Bonchev–Trinajstić information content (AvgIpc) is 2.15. The molecule has 0 rings (SSSR count). The number of methoxy groups -OCH3 is 1. The van der Waals surface area contributed by atoms with Crippen molar-refractivity contribution in [2.24, 2.45) is 11.7 Å². The van der Waals surface area contributed by atoms with Gasteiger partial charge in [-0.2, -0.15) is 11.8 Å². The van der Waals surface area contributed by atoms with Gasteiger partial charge in [-0.15, -0.1) is 0 Å². The molecule has 0 aromatic carbocycles. The van der Waals surface area contributed by atoms with Crippen molar-refractivity contribution < 1.29 is 9.53 Å². The second-order valence-electron chi connectivity index (χ2n) is 4.45. The molecule has 0 aromatic rings. The van der Waals surface area contributed by atoms with Crippen LogP contribution in [0.15, 0.2) is 0 Å². The highest BCUT2D eigenvalue weighted by Crippen LogP contribution is 2.15. The summed E-state index contributed by atoms with van der Waals surface area (Å²) in [6.45, 7) is 6.14. The fourth-order valence-electron chi connectivity index (χ4n) is 1.04. The molecule has 0 saturated heterocycles. The van der Waals surface area contributed by atoms with Crippen molar-refractivity contribution in [3.8, 4) is 0 Å². The maximum absolute atomic E-state index is 11.2. The van der Waals surface area contributed by atoms with E-state index in [1.807, 2.05) is 11.8 Å². The highest BCUT2D eigenvalue weighted by Gasteiger charge is 2.28. The predicted octanol–water partition coefficient (Wildman–Crippen LogP) is 2.05. The summed E-state index contributed by atoms with van der Waals surface area (Å²) in [5.41, 5.74) is 4.99. The first-order valence-electron chi connectivity index (χ1n) is 5.35. The Morgan fingerprint density at radius 2 is 2.07 bits per heavy atom. The molecule has 3 nitrogen and oxygen atoms in total. The summed E-state index contributed by atoms with van der Waals surface area (Å²) >= 11 is 1.85. The van der Waals surface area contributed by atoms with Crippen molar-refractivity contribution in [2.45, 2.75) is 39.2 Å². The van der Waals surface area contributed by atoms with Gasteiger partial charge in [0.1, 0.15) is 5.54 Å². The fraction of sp³-hybridized carbons (Fsp3) is 0.909. The minimum Gasteiger partial charge on any atom is -0.468 e. The Bertz CT molecular complexity index is 193. The number of carbonyl (C=O) groups is 1. The summed E-state index contributed by atoms with van der Waals surface area (Å²) in [4.78, 5) is 11.2. The number of thioether (sulfide) groups is 1. The second kappa shape index (κ2) is 7.12. The highest BCUT2D eigenvalue weighted by atomic mass is 32.2. The van der Waals surface area contributed by atoms with Crippen LogP contribution in [-0.2, 0) is 9.53 Å². The average molecular weight is 233 g/mol. The van der Waals surface area contributed by atoms with Crippen molar-refractivity contribution in [3.63, 3.8) is 0 Å². The lowest BCUT2D eigenvalue weighted by atomic mass is 10.0. The van der Waals surface area contributed by atoms with Crippen molar-refractivity contribution in [2.75, 3.05) is 18.6 Å². The van der Waals surface area contributed by atoms with Gasteiger partial charge < -0.3 is 10.5 Å². The van der Waals surface area contributed by atoms with Crippen LogP contribution in [0.2, 0.25) is 0 Å². The lowest BCUT2D eigenvalue weighted by Crippen LogP contribution is -2.46. The third-order valence-corrected chi connectivity index (χ3v) is 3.27. The Hall–Kier alpha value is -0.220. The first-order valence-corrected chi connectivity index (χ1v) is 6.50. The zero-order valence-electron chi connectivity index (χ0n) is 10.2. The lowest BCUT2D eigenvalue weighted by Gasteiger charge is -2.20. The van der Waals surface area contributed by atoms with E-state index < -0.39 is 5.54 Å². The summed E-state index contributed by atoms with van der Waals surface area (Å²) in [7, 11) is 1.37. The molecular formula is C11H23NO2S. The van der Waals surface area contributed by atoms with E-state index in [0.717, 1.165) is 17.4 Å². The van der Waals surface area contributed by atoms with Crippen LogP contribution in [0, 0.1) is 5.92 Å². The first-order chi connectivity index (χ1) is 6.90. The molecule has 2 N–H and O–H groups in total. The largest absolute Gasteiger partial charge is 0.468 e. The molecule has 0 spiro atoms. The molecule has 1 atom stereocenters. The lowest BCUT2D eigenvalue weighted by molar-refractivity contribution is -0.146. The van der Waals surface area contributed by atoms with E-state index in [1.54, 1.807) is 6.92 Å². The van der Waals surface area contributed by atoms with Gasteiger partial charge in [-0.25, -0.2) is 0 Å². The van der Waals surface area contributed by atoms with Gasteiger partial charge in [0, 0.05) is 0 Å². The Labute approximate surface area is 97.1 Å². The molecule has 0 radical (unpaired) electrons. The van der Waals surface area contributed by atoms with E-state index in [1.165, 1.54) is 13.5 Å². The van der Waals surface area contributed by atoms with Crippen molar-refractivity contribution in [1.82, 2.24) is 0 Å². The van der Waals surface area contributed by atoms with Crippen LogP contribution >= 0.6 is 11.8 Å². The predicted molar refractivity (Wildman–Crippen MR) is 66.0 cm³/mol. The van der Waals surface area contributed by atoms with Gasteiger partial charge >= 0.3 is 5.97 Å². The molecule has 0 aromatic heterocycles. The van der Waals surface area contributed by atoms with Crippen molar-refractivity contribution in [3.05, 3.63) is 0 Å². The monoisotopic (exact) mass is 233 g/mol. The summed E-state index contributed by atoms with van der Waals surface area (Å²) in [6.07, 6.45) is 1.88. The molecule has 0 bridgehead atoms. The second-order valence-corrected chi connectivity index (χ2v) is 5.68. The van der Waals surface area contributed by atoms with E-state index in [-0.39, 0.29) is 5.97 Å². The minimum atomic E-state index is -0.834. The molecule has 0 aliphatic heterocycles. The van der Waals surface area contributed by atoms with Gasteiger partial charge in [0.25, 0.3) is 0 Å². The molecule has 4 heteroatoms. The standard InChI is InChI=1S/C11H23NO2S/c1-9(2)5-7-15-8-6-11(3,12)10(13)14-4/h9H,5-8,12H2,1-4H3. The van der Waals surface area contributed by atoms with Crippen LogP contribution in [-0.4, -0.2) is 30.1 Å². The Balaban J connectivity index is 3.62. The van der Waals surface area contributed by atoms with Crippen LogP contribution in [0.25, 0.3) is 0 Å². The number of nitrogens with two attached hydrogens (primary N) is 1. The SMILES string of the molecule is COC(=O)C(C)(N)CCSCCC(C)C. The van der Waals surface area contributed by atoms with Gasteiger partial charge in [0.2, 0.25) is 0 Å².